The lowest BCUT2D eigenvalue weighted by Gasteiger charge is -2.57. The lowest BCUT2D eigenvalue weighted by molar-refractivity contribution is -0.235. The first-order valence-electron chi connectivity index (χ1n) is 14.6. The fourth-order valence-electron chi connectivity index (χ4n) is 8.58. The molecule has 0 aliphatic heterocycles. The van der Waals surface area contributed by atoms with Crippen molar-refractivity contribution in [3.8, 4) is 0 Å². The maximum atomic E-state index is 13.2. The average molecular weight is 533 g/mol. The second kappa shape index (κ2) is 9.83. The number of aliphatic hydroxyl groups excluding tert-OH is 2. The molecular weight excluding hydrogens is 484 g/mol. The standard InChI is InChI=1S/C31H48O7/c1-7-8-9-10-11-12-13-14-23(33)38-31-24(27(31,4)5)22-15-21(18-32)17-29(36)25(34)19(2)16-30(29,37)28(22,6)20(3)26(31)35/h15-16,20,22,24,26,32,35-37H,7-14,17-18H2,1-6H3/t20-,22+,24?,26-,28+,29+,30-,31-/m1/s1. The molecule has 7 heteroatoms. The number of allylic oxidation sites excluding steroid dienone is 1. The summed E-state index contributed by atoms with van der Waals surface area (Å²) in [4.78, 5) is 26.3. The Morgan fingerprint density at radius 1 is 1.08 bits per heavy atom. The highest BCUT2D eigenvalue weighted by molar-refractivity contribution is 6.06. The van der Waals surface area contributed by atoms with E-state index in [-0.39, 0.29) is 30.5 Å². The molecule has 0 saturated heterocycles. The topological polar surface area (TPSA) is 124 Å². The Morgan fingerprint density at radius 2 is 1.68 bits per heavy atom. The molecule has 2 saturated carbocycles. The van der Waals surface area contributed by atoms with Gasteiger partial charge in [-0.2, -0.15) is 0 Å². The predicted molar refractivity (Wildman–Crippen MR) is 144 cm³/mol. The number of fused-ring (bicyclic) bond motifs is 5. The fraction of sp³-hybridized carbons (Fsp3) is 0.806. The van der Waals surface area contributed by atoms with E-state index in [0.717, 1.165) is 19.3 Å². The number of hydrogen-bond donors (Lipinski definition) is 4. The molecule has 0 bridgehead atoms. The molecular formula is C31H48O7. The SMILES string of the molecule is CCCCCCCCCC(=O)O[C@]12C([C@@H]3C=C(CO)C[C@]4(O)C(=O)C(C)=C[C@@]4(O)[C@@]3(C)[C@H](C)[C@H]1O)C2(C)C. The molecule has 2 fully saturated rings. The molecule has 0 amide bonds. The molecule has 4 rings (SSSR count). The minimum Gasteiger partial charge on any atom is -0.455 e. The van der Waals surface area contributed by atoms with E-state index in [0.29, 0.717) is 12.0 Å². The van der Waals surface area contributed by atoms with Crippen LogP contribution in [0.1, 0.15) is 99.3 Å². The highest BCUT2D eigenvalue weighted by Gasteiger charge is 2.87. The van der Waals surface area contributed by atoms with Crippen LogP contribution in [0, 0.1) is 28.6 Å². The molecule has 4 aliphatic carbocycles. The molecule has 0 aromatic heterocycles. The highest BCUT2D eigenvalue weighted by Crippen LogP contribution is 2.79. The first-order chi connectivity index (χ1) is 17.7. The number of esters is 1. The van der Waals surface area contributed by atoms with Crippen molar-refractivity contribution in [3.63, 3.8) is 0 Å². The van der Waals surface area contributed by atoms with Crippen LogP contribution in [0.5, 0.6) is 0 Å². The lowest BCUT2D eigenvalue weighted by atomic mass is 9.50. The summed E-state index contributed by atoms with van der Waals surface area (Å²) in [6.07, 6.45) is 9.93. The maximum absolute atomic E-state index is 13.2. The van der Waals surface area contributed by atoms with Gasteiger partial charge < -0.3 is 25.2 Å². The van der Waals surface area contributed by atoms with E-state index in [2.05, 4.69) is 6.92 Å². The van der Waals surface area contributed by atoms with Gasteiger partial charge in [0.15, 0.2) is 11.4 Å². The van der Waals surface area contributed by atoms with Crippen LogP contribution in [-0.2, 0) is 14.3 Å². The van der Waals surface area contributed by atoms with Gasteiger partial charge in [0.05, 0.1) is 12.7 Å². The Morgan fingerprint density at radius 3 is 2.29 bits per heavy atom. The fourth-order valence-corrected chi connectivity index (χ4v) is 8.58. The lowest BCUT2D eigenvalue weighted by Crippen LogP contribution is -2.69. The summed E-state index contributed by atoms with van der Waals surface area (Å²) in [6.45, 7) is 10.9. The van der Waals surface area contributed by atoms with Crippen LogP contribution >= 0.6 is 0 Å². The first-order valence-corrected chi connectivity index (χ1v) is 14.6. The van der Waals surface area contributed by atoms with Gasteiger partial charge in [0, 0.05) is 29.6 Å². The largest absolute Gasteiger partial charge is 0.455 e. The molecule has 0 heterocycles. The normalized spacial score (nSPS) is 42.8. The highest BCUT2D eigenvalue weighted by atomic mass is 16.6. The Kier molecular flexibility index (Phi) is 7.61. The van der Waals surface area contributed by atoms with Crippen LogP contribution in [0.3, 0.4) is 0 Å². The molecule has 0 spiro atoms. The molecule has 38 heavy (non-hydrogen) atoms. The minimum atomic E-state index is -2.14. The summed E-state index contributed by atoms with van der Waals surface area (Å²) < 4.78 is 6.20. The first kappa shape index (κ1) is 29.4. The molecule has 8 atom stereocenters. The number of Topliss-reactive ketones (excluding diaryl/α,β-unsaturated/α-hetero) is 1. The van der Waals surface area contributed by atoms with Crippen molar-refractivity contribution in [2.45, 2.75) is 122 Å². The maximum Gasteiger partial charge on any atom is 0.306 e. The quantitative estimate of drug-likeness (QED) is 0.190. The third kappa shape index (κ3) is 3.75. The minimum absolute atomic E-state index is 0.195. The monoisotopic (exact) mass is 532 g/mol. The van der Waals surface area contributed by atoms with Crippen LogP contribution in [0.4, 0.5) is 0 Å². The van der Waals surface area contributed by atoms with Gasteiger partial charge in [-0.25, -0.2) is 0 Å². The summed E-state index contributed by atoms with van der Waals surface area (Å²) in [5.74, 6) is -2.35. The molecule has 4 N–H and O–H groups in total. The Bertz CT molecular complexity index is 1030. The predicted octanol–water partition coefficient (Wildman–Crippen LogP) is 4.01. The van der Waals surface area contributed by atoms with Crippen molar-refractivity contribution in [1.82, 2.24) is 0 Å². The van der Waals surface area contributed by atoms with Gasteiger partial charge in [-0.3, -0.25) is 9.59 Å². The van der Waals surface area contributed by atoms with Crippen molar-refractivity contribution in [2.75, 3.05) is 6.61 Å². The zero-order valence-electron chi connectivity index (χ0n) is 24.0. The van der Waals surface area contributed by atoms with Crippen LogP contribution < -0.4 is 0 Å². The third-order valence-electron chi connectivity index (χ3n) is 11.1. The van der Waals surface area contributed by atoms with Gasteiger partial charge in [-0.05, 0) is 42.4 Å². The van der Waals surface area contributed by atoms with Gasteiger partial charge in [-0.1, -0.05) is 79.2 Å². The second-order valence-corrected chi connectivity index (χ2v) is 13.3. The molecule has 0 aromatic carbocycles. The Balaban J connectivity index is 1.64. The number of ether oxygens (including phenoxy) is 1. The van der Waals surface area contributed by atoms with Crippen molar-refractivity contribution in [2.24, 2.45) is 28.6 Å². The Labute approximate surface area is 227 Å². The van der Waals surface area contributed by atoms with E-state index in [4.69, 9.17) is 4.74 Å². The van der Waals surface area contributed by atoms with E-state index >= 15 is 0 Å². The van der Waals surface area contributed by atoms with Gasteiger partial charge in [-0.15, -0.1) is 0 Å². The van der Waals surface area contributed by atoms with Gasteiger partial charge in [0.25, 0.3) is 0 Å². The third-order valence-corrected chi connectivity index (χ3v) is 11.1. The second-order valence-electron chi connectivity index (χ2n) is 13.3. The van der Waals surface area contributed by atoms with E-state index in [1.807, 2.05) is 26.8 Å². The zero-order valence-corrected chi connectivity index (χ0v) is 24.0. The Hall–Kier alpha value is -1.54. The molecule has 214 valence electrons. The van der Waals surface area contributed by atoms with Crippen LogP contribution in [0.25, 0.3) is 0 Å². The summed E-state index contributed by atoms with van der Waals surface area (Å²) in [7, 11) is 0. The number of unbranched alkanes of at least 4 members (excludes halogenated alkanes) is 6. The van der Waals surface area contributed by atoms with Crippen molar-refractivity contribution >= 4 is 11.8 Å². The summed E-state index contributed by atoms with van der Waals surface area (Å²) in [6, 6.07) is 0. The summed E-state index contributed by atoms with van der Waals surface area (Å²) in [5, 5.41) is 46.0. The van der Waals surface area contributed by atoms with Gasteiger partial charge in [0.2, 0.25) is 0 Å². The zero-order chi connectivity index (χ0) is 28.3. The molecule has 4 aliphatic rings. The number of carbonyl (C=O) groups excluding carboxylic acids is 2. The average Bonchev–Trinajstić information content (AvgIpc) is 3.31. The number of ketones is 1. The number of rotatable bonds is 10. The van der Waals surface area contributed by atoms with E-state index in [1.165, 1.54) is 31.8 Å². The smallest absolute Gasteiger partial charge is 0.306 e. The number of aliphatic hydroxyl groups is 4. The van der Waals surface area contributed by atoms with E-state index in [9.17, 15) is 30.0 Å². The van der Waals surface area contributed by atoms with E-state index < -0.39 is 51.4 Å². The van der Waals surface area contributed by atoms with Crippen molar-refractivity contribution in [1.29, 1.82) is 0 Å². The van der Waals surface area contributed by atoms with Crippen LogP contribution in [-0.4, -0.2) is 61.7 Å². The molecule has 7 nitrogen and oxygen atoms in total. The van der Waals surface area contributed by atoms with Crippen LogP contribution in [0.2, 0.25) is 0 Å². The molecule has 0 radical (unpaired) electrons. The van der Waals surface area contributed by atoms with E-state index in [1.54, 1.807) is 13.8 Å². The molecule has 1 unspecified atom stereocenters. The van der Waals surface area contributed by atoms with Gasteiger partial charge >= 0.3 is 5.97 Å². The summed E-state index contributed by atoms with van der Waals surface area (Å²) >= 11 is 0. The van der Waals surface area contributed by atoms with Gasteiger partial charge in [0.1, 0.15) is 11.2 Å². The van der Waals surface area contributed by atoms with Crippen molar-refractivity contribution < 1.29 is 34.8 Å². The molecule has 0 aromatic rings. The number of hydrogen-bond acceptors (Lipinski definition) is 7. The summed E-state index contributed by atoms with van der Waals surface area (Å²) in [5.41, 5.74) is -6.31. The van der Waals surface area contributed by atoms with Crippen molar-refractivity contribution in [3.05, 3.63) is 23.3 Å². The number of carbonyl (C=O) groups is 2. The van der Waals surface area contributed by atoms with Crippen LogP contribution in [0.15, 0.2) is 23.3 Å².